The van der Waals surface area contributed by atoms with Crippen molar-refractivity contribution in [3.63, 3.8) is 0 Å². The van der Waals surface area contributed by atoms with Crippen LogP contribution in [0.5, 0.6) is 0 Å². The summed E-state index contributed by atoms with van der Waals surface area (Å²) in [6, 6.07) is 0. The summed E-state index contributed by atoms with van der Waals surface area (Å²) in [6.07, 6.45) is 5.58. The van der Waals surface area contributed by atoms with Gasteiger partial charge in [0.2, 0.25) is 0 Å². The van der Waals surface area contributed by atoms with Crippen LogP contribution in [0.25, 0.3) is 0 Å². The maximum Gasteiger partial charge on any atom is -0.0389 e. The van der Waals surface area contributed by atoms with Crippen molar-refractivity contribution in [2.45, 2.75) is 74.1 Å². The first-order valence-corrected chi connectivity index (χ1v) is 7.40. The lowest BCUT2D eigenvalue weighted by Gasteiger charge is -2.29. The first-order chi connectivity index (χ1) is 7.40. The summed E-state index contributed by atoms with van der Waals surface area (Å²) in [5, 5.41) is 0. The standard InChI is InChI=1S/C16H34/c1-8-9-13(4)10-11-14(5)16(7)15(6)12(2)3/h12-16H,8-11H2,1-7H3. The molecule has 0 aromatic rings. The lowest BCUT2D eigenvalue weighted by molar-refractivity contribution is 0.205. The van der Waals surface area contributed by atoms with Crippen LogP contribution in [0.1, 0.15) is 74.1 Å². The molecule has 0 aromatic heterocycles. The second-order valence-corrected chi connectivity index (χ2v) is 6.41. The molecule has 0 aliphatic rings. The highest BCUT2D eigenvalue weighted by Gasteiger charge is 2.21. The third-order valence-corrected chi connectivity index (χ3v) is 4.67. The maximum absolute atomic E-state index is 2.45. The summed E-state index contributed by atoms with van der Waals surface area (Å²) < 4.78 is 0. The molecule has 0 rings (SSSR count). The van der Waals surface area contributed by atoms with Crippen molar-refractivity contribution in [1.82, 2.24) is 0 Å². The molecule has 0 heterocycles. The predicted molar refractivity (Wildman–Crippen MR) is 75.6 cm³/mol. The molecule has 98 valence electrons. The maximum atomic E-state index is 2.45. The van der Waals surface area contributed by atoms with Crippen LogP contribution in [0.3, 0.4) is 0 Å². The molecule has 0 amide bonds. The smallest absolute Gasteiger partial charge is 0.0389 e. The van der Waals surface area contributed by atoms with E-state index in [4.69, 9.17) is 0 Å². The van der Waals surface area contributed by atoms with E-state index in [2.05, 4.69) is 48.5 Å². The molecule has 0 fully saturated rings. The van der Waals surface area contributed by atoms with Crippen LogP contribution in [-0.2, 0) is 0 Å². The van der Waals surface area contributed by atoms with Gasteiger partial charge in [-0.1, -0.05) is 74.1 Å². The van der Waals surface area contributed by atoms with E-state index in [0.717, 1.165) is 29.6 Å². The van der Waals surface area contributed by atoms with Crippen LogP contribution in [0.2, 0.25) is 0 Å². The van der Waals surface area contributed by atoms with Crippen molar-refractivity contribution >= 4 is 0 Å². The molecule has 0 spiro atoms. The molecule has 0 heteroatoms. The molecule has 0 N–H and O–H groups in total. The van der Waals surface area contributed by atoms with Crippen LogP contribution in [0.4, 0.5) is 0 Å². The summed E-state index contributed by atoms with van der Waals surface area (Å²) >= 11 is 0. The summed E-state index contributed by atoms with van der Waals surface area (Å²) in [5.74, 6) is 4.36. The molecule has 16 heavy (non-hydrogen) atoms. The van der Waals surface area contributed by atoms with Gasteiger partial charge in [-0.3, -0.25) is 0 Å². The molecule has 0 bridgehead atoms. The zero-order chi connectivity index (χ0) is 12.7. The predicted octanol–water partition coefficient (Wildman–Crippen LogP) is 5.77. The summed E-state index contributed by atoms with van der Waals surface area (Å²) in [4.78, 5) is 0. The van der Waals surface area contributed by atoms with Crippen LogP contribution in [0.15, 0.2) is 0 Å². The largest absolute Gasteiger partial charge is 0.0654 e. The van der Waals surface area contributed by atoms with Gasteiger partial charge in [0.25, 0.3) is 0 Å². The Morgan fingerprint density at radius 3 is 1.69 bits per heavy atom. The molecular formula is C16H34. The Balaban J connectivity index is 3.91. The van der Waals surface area contributed by atoms with Crippen molar-refractivity contribution in [2.24, 2.45) is 29.6 Å². The van der Waals surface area contributed by atoms with E-state index in [1.807, 2.05) is 0 Å². The van der Waals surface area contributed by atoms with E-state index in [1.54, 1.807) is 0 Å². The molecule has 0 aromatic carbocycles. The number of rotatable bonds is 8. The average molecular weight is 226 g/mol. The minimum absolute atomic E-state index is 0.825. The molecule has 0 saturated carbocycles. The molecule has 4 atom stereocenters. The van der Waals surface area contributed by atoms with Crippen molar-refractivity contribution < 1.29 is 0 Å². The van der Waals surface area contributed by atoms with Crippen LogP contribution < -0.4 is 0 Å². The van der Waals surface area contributed by atoms with Gasteiger partial charge in [-0.25, -0.2) is 0 Å². The fourth-order valence-electron chi connectivity index (χ4n) is 2.57. The molecule has 0 aliphatic heterocycles. The second-order valence-electron chi connectivity index (χ2n) is 6.41. The Bertz CT molecular complexity index is 159. The van der Waals surface area contributed by atoms with Gasteiger partial charge < -0.3 is 0 Å². The lowest BCUT2D eigenvalue weighted by Crippen LogP contribution is -2.21. The zero-order valence-electron chi connectivity index (χ0n) is 12.7. The van der Waals surface area contributed by atoms with Crippen molar-refractivity contribution in [2.75, 3.05) is 0 Å². The van der Waals surface area contributed by atoms with Gasteiger partial charge in [0.1, 0.15) is 0 Å². The zero-order valence-corrected chi connectivity index (χ0v) is 12.7. The number of hydrogen-bond donors (Lipinski definition) is 0. The van der Waals surface area contributed by atoms with E-state index in [1.165, 1.54) is 25.7 Å². The molecule has 0 saturated heterocycles. The van der Waals surface area contributed by atoms with E-state index in [9.17, 15) is 0 Å². The van der Waals surface area contributed by atoms with Crippen LogP contribution in [0, 0.1) is 29.6 Å². The highest BCUT2D eigenvalue weighted by Crippen LogP contribution is 2.30. The molecular weight excluding hydrogens is 192 g/mol. The third-order valence-electron chi connectivity index (χ3n) is 4.67. The summed E-state index contributed by atoms with van der Waals surface area (Å²) in [5.41, 5.74) is 0. The summed E-state index contributed by atoms with van der Waals surface area (Å²) in [7, 11) is 0. The van der Waals surface area contributed by atoms with E-state index in [0.29, 0.717) is 0 Å². The van der Waals surface area contributed by atoms with Gasteiger partial charge in [-0.15, -0.1) is 0 Å². The number of hydrogen-bond acceptors (Lipinski definition) is 0. The minimum atomic E-state index is 0.825. The highest BCUT2D eigenvalue weighted by molar-refractivity contribution is 4.71. The topological polar surface area (TPSA) is 0 Å². The fourth-order valence-corrected chi connectivity index (χ4v) is 2.57. The molecule has 0 nitrogen and oxygen atoms in total. The van der Waals surface area contributed by atoms with Gasteiger partial charge in [0, 0.05) is 0 Å². The second kappa shape index (κ2) is 8.14. The highest BCUT2D eigenvalue weighted by atomic mass is 14.3. The SMILES string of the molecule is CCCC(C)CCC(C)C(C)C(C)C(C)C. The molecule has 0 radical (unpaired) electrons. The third kappa shape index (κ3) is 5.92. The Morgan fingerprint density at radius 2 is 1.25 bits per heavy atom. The Morgan fingerprint density at radius 1 is 0.688 bits per heavy atom. The van der Waals surface area contributed by atoms with Gasteiger partial charge in [-0.05, 0) is 29.6 Å². The van der Waals surface area contributed by atoms with Gasteiger partial charge >= 0.3 is 0 Å². The summed E-state index contributed by atoms with van der Waals surface area (Å²) in [6.45, 7) is 16.7. The minimum Gasteiger partial charge on any atom is -0.0654 e. The average Bonchev–Trinajstić information content (AvgIpc) is 2.24. The van der Waals surface area contributed by atoms with Gasteiger partial charge in [0.05, 0.1) is 0 Å². The first kappa shape index (κ1) is 16.0. The van der Waals surface area contributed by atoms with Crippen molar-refractivity contribution in [3.05, 3.63) is 0 Å². The Hall–Kier alpha value is 0. The van der Waals surface area contributed by atoms with E-state index >= 15 is 0 Å². The molecule has 4 unspecified atom stereocenters. The monoisotopic (exact) mass is 226 g/mol. The van der Waals surface area contributed by atoms with Crippen LogP contribution >= 0.6 is 0 Å². The van der Waals surface area contributed by atoms with E-state index in [-0.39, 0.29) is 0 Å². The quantitative estimate of drug-likeness (QED) is 0.493. The van der Waals surface area contributed by atoms with Crippen molar-refractivity contribution in [3.8, 4) is 0 Å². The Kier molecular flexibility index (Phi) is 8.14. The van der Waals surface area contributed by atoms with Crippen molar-refractivity contribution in [1.29, 1.82) is 0 Å². The lowest BCUT2D eigenvalue weighted by atomic mass is 9.76. The first-order valence-electron chi connectivity index (χ1n) is 7.40. The molecule has 0 aliphatic carbocycles. The van der Waals surface area contributed by atoms with Crippen LogP contribution in [-0.4, -0.2) is 0 Å². The van der Waals surface area contributed by atoms with Gasteiger partial charge in [-0.2, -0.15) is 0 Å². The normalized spacial score (nSPS) is 19.5. The van der Waals surface area contributed by atoms with Gasteiger partial charge in [0.15, 0.2) is 0 Å². The fraction of sp³-hybridized carbons (Fsp3) is 1.00. The Labute approximate surface area is 104 Å². The van der Waals surface area contributed by atoms with E-state index < -0.39 is 0 Å².